The first kappa shape index (κ1) is 12.8. The Labute approximate surface area is 120 Å². The Morgan fingerprint density at radius 2 is 2.16 bits per heavy atom. The molecule has 0 saturated carbocycles. The highest BCUT2D eigenvalue weighted by atomic mass is 32.1. The number of thiazole rings is 2. The summed E-state index contributed by atoms with van der Waals surface area (Å²) >= 11 is 3.31. The molecule has 1 aliphatic heterocycles. The molecule has 2 N–H and O–H groups in total. The van der Waals surface area contributed by atoms with Crippen molar-refractivity contribution >= 4 is 32.9 Å². The van der Waals surface area contributed by atoms with Crippen molar-refractivity contribution in [2.45, 2.75) is 13.0 Å². The molecule has 1 saturated heterocycles. The predicted octanol–water partition coefficient (Wildman–Crippen LogP) is 1.89. The average molecular weight is 295 g/mol. The normalized spacial score (nSPS) is 17.6. The fourth-order valence-corrected chi connectivity index (χ4v) is 3.73. The van der Waals surface area contributed by atoms with Crippen molar-refractivity contribution in [3.63, 3.8) is 0 Å². The molecule has 0 amide bonds. The molecule has 0 radical (unpaired) electrons. The molecule has 3 rings (SSSR count). The monoisotopic (exact) mass is 295 g/mol. The van der Waals surface area contributed by atoms with Gasteiger partial charge in [-0.05, 0) is 6.42 Å². The Hall–Kier alpha value is -1.18. The van der Waals surface area contributed by atoms with Gasteiger partial charge in [0.15, 0.2) is 10.3 Å². The van der Waals surface area contributed by atoms with E-state index in [0.29, 0.717) is 5.13 Å². The molecule has 0 spiro atoms. The van der Waals surface area contributed by atoms with Gasteiger partial charge in [0.2, 0.25) is 0 Å². The fourth-order valence-electron chi connectivity index (χ4n) is 2.31. The van der Waals surface area contributed by atoms with Crippen molar-refractivity contribution in [2.24, 2.45) is 0 Å². The summed E-state index contributed by atoms with van der Waals surface area (Å²) in [6.07, 6.45) is 4.94. The van der Waals surface area contributed by atoms with Crippen LogP contribution >= 0.6 is 22.7 Å². The van der Waals surface area contributed by atoms with Crippen molar-refractivity contribution in [1.29, 1.82) is 0 Å². The molecule has 7 heteroatoms. The number of hydrogen-bond acceptors (Lipinski definition) is 7. The van der Waals surface area contributed by atoms with Crippen LogP contribution in [-0.2, 0) is 6.54 Å². The number of hydrogen-bond donors (Lipinski definition) is 1. The molecule has 2 aromatic heterocycles. The zero-order chi connectivity index (χ0) is 13.1. The van der Waals surface area contributed by atoms with Crippen LogP contribution in [0.15, 0.2) is 17.8 Å². The molecule has 0 bridgehead atoms. The van der Waals surface area contributed by atoms with E-state index >= 15 is 0 Å². The summed E-state index contributed by atoms with van der Waals surface area (Å²) in [5, 5.41) is 3.84. The zero-order valence-electron chi connectivity index (χ0n) is 10.7. The molecule has 1 aliphatic rings. The third-order valence-electron chi connectivity index (χ3n) is 3.23. The second-order valence-electron chi connectivity index (χ2n) is 4.60. The molecule has 0 aliphatic carbocycles. The molecular formula is C12H17N5S2. The third-order valence-corrected chi connectivity index (χ3v) is 4.87. The largest absolute Gasteiger partial charge is 0.375 e. The molecule has 2 aromatic rings. The quantitative estimate of drug-likeness (QED) is 0.937. The summed E-state index contributed by atoms with van der Waals surface area (Å²) in [5.74, 6) is 0. The molecule has 1 fully saturated rings. The SMILES string of the molecule is Nc1ncc(CN2CCCN(c3nccs3)CC2)s1. The first-order valence-corrected chi connectivity index (χ1v) is 8.08. The second kappa shape index (κ2) is 5.85. The molecule has 102 valence electrons. The van der Waals surface area contributed by atoms with Gasteiger partial charge in [-0.1, -0.05) is 0 Å². The van der Waals surface area contributed by atoms with Crippen molar-refractivity contribution in [3.05, 3.63) is 22.7 Å². The van der Waals surface area contributed by atoms with Gasteiger partial charge in [-0.3, -0.25) is 4.90 Å². The Morgan fingerprint density at radius 1 is 1.21 bits per heavy atom. The Morgan fingerprint density at radius 3 is 2.89 bits per heavy atom. The van der Waals surface area contributed by atoms with E-state index in [9.17, 15) is 0 Å². The van der Waals surface area contributed by atoms with Gasteiger partial charge in [0.25, 0.3) is 0 Å². The summed E-state index contributed by atoms with van der Waals surface area (Å²) < 4.78 is 0. The summed E-state index contributed by atoms with van der Waals surface area (Å²) in [4.78, 5) is 14.6. The average Bonchev–Trinajstić information content (AvgIpc) is 3.00. The molecule has 0 atom stereocenters. The number of aromatic nitrogens is 2. The molecular weight excluding hydrogens is 278 g/mol. The number of nitrogens with two attached hydrogens (primary N) is 1. The van der Waals surface area contributed by atoms with Crippen LogP contribution in [0, 0.1) is 0 Å². The van der Waals surface area contributed by atoms with Crippen molar-refractivity contribution in [1.82, 2.24) is 14.9 Å². The molecule has 3 heterocycles. The maximum absolute atomic E-state index is 5.67. The van der Waals surface area contributed by atoms with Crippen LogP contribution in [0.2, 0.25) is 0 Å². The molecule has 5 nitrogen and oxygen atoms in total. The summed E-state index contributed by atoms with van der Waals surface area (Å²) in [7, 11) is 0. The van der Waals surface area contributed by atoms with Crippen LogP contribution < -0.4 is 10.6 Å². The number of nitrogens with zero attached hydrogens (tertiary/aromatic N) is 4. The van der Waals surface area contributed by atoms with E-state index < -0.39 is 0 Å². The maximum Gasteiger partial charge on any atom is 0.185 e. The van der Waals surface area contributed by atoms with Gasteiger partial charge in [0, 0.05) is 55.4 Å². The lowest BCUT2D eigenvalue weighted by molar-refractivity contribution is 0.288. The van der Waals surface area contributed by atoms with E-state index in [4.69, 9.17) is 5.73 Å². The van der Waals surface area contributed by atoms with E-state index in [-0.39, 0.29) is 0 Å². The van der Waals surface area contributed by atoms with Crippen molar-refractivity contribution in [3.8, 4) is 0 Å². The maximum atomic E-state index is 5.67. The van der Waals surface area contributed by atoms with E-state index in [1.807, 2.05) is 17.8 Å². The number of anilines is 2. The van der Waals surface area contributed by atoms with Crippen molar-refractivity contribution in [2.75, 3.05) is 36.8 Å². The summed E-state index contributed by atoms with van der Waals surface area (Å²) in [6.45, 7) is 5.29. The predicted molar refractivity (Wildman–Crippen MR) is 80.7 cm³/mol. The first-order valence-electron chi connectivity index (χ1n) is 6.38. The Balaban J connectivity index is 1.58. The van der Waals surface area contributed by atoms with Crippen molar-refractivity contribution < 1.29 is 0 Å². The lowest BCUT2D eigenvalue weighted by Crippen LogP contribution is -2.30. The Bertz CT molecular complexity index is 510. The first-order chi connectivity index (χ1) is 9.31. The van der Waals surface area contributed by atoms with Crippen LogP contribution in [0.5, 0.6) is 0 Å². The van der Waals surface area contributed by atoms with Gasteiger partial charge >= 0.3 is 0 Å². The topological polar surface area (TPSA) is 58.3 Å². The minimum Gasteiger partial charge on any atom is -0.375 e. The zero-order valence-corrected chi connectivity index (χ0v) is 12.3. The highest BCUT2D eigenvalue weighted by molar-refractivity contribution is 7.15. The highest BCUT2D eigenvalue weighted by Crippen LogP contribution is 2.21. The summed E-state index contributed by atoms with van der Waals surface area (Å²) in [6, 6.07) is 0. The van der Waals surface area contributed by atoms with E-state index in [2.05, 4.69) is 19.8 Å². The minimum absolute atomic E-state index is 0.661. The van der Waals surface area contributed by atoms with Gasteiger partial charge in [-0.25, -0.2) is 9.97 Å². The van der Waals surface area contributed by atoms with E-state index in [0.717, 1.165) is 37.9 Å². The van der Waals surface area contributed by atoms with Crippen LogP contribution in [0.25, 0.3) is 0 Å². The lowest BCUT2D eigenvalue weighted by atomic mass is 10.4. The fraction of sp³-hybridized carbons (Fsp3) is 0.500. The van der Waals surface area contributed by atoms with Gasteiger partial charge in [-0.15, -0.1) is 22.7 Å². The highest BCUT2D eigenvalue weighted by Gasteiger charge is 2.17. The van der Waals surface area contributed by atoms with Gasteiger partial charge in [0.1, 0.15) is 0 Å². The number of rotatable bonds is 3. The molecule has 19 heavy (non-hydrogen) atoms. The Kier molecular flexibility index (Phi) is 3.95. The van der Waals surface area contributed by atoms with Gasteiger partial charge < -0.3 is 10.6 Å². The summed E-state index contributed by atoms with van der Waals surface area (Å²) in [5.41, 5.74) is 5.67. The lowest BCUT2D eigenvalue weighted by Gasteiger charge is -2.20. The van der Waals surface area contributed by atoms with Gasteiger partial charge in [-0.2, -0.15) is 0 Å². The second-order valence-corrected chi connectivity index (χ2v) is 6.62. The van der Waals surface area contributed by atoms with Crippen LogP contribution in [0.1, 0.15) is 11.3 Å². The molecule has 0 unspecified atom stereocenters. The van der Waals surface area contributed by atoms with Crippen LogP contribution in [0.4, 0.5) is 10.3 Å². The number of nitrogen functional groups attached to an aromatic ring is 1. The van der Waals surface area contributed by atoms with Gasteiger partial charge in [0.05, 0.1) is 0 Å². The smallest absolute Gasteiger partial charge is 0.185 e. The van der Waals surface area contributed by atoms with Crippen LogP contribution in [0.3, 0.4) is 0 Å². The molecule has 0 aromatic carbocycles. The van der Waals surface area contributed by atoms with E-state index in [1.165, 1.54) is 11.3 Å². The standard InChI is InChI=1S/C12H17N5S2/c13-11-15-8-10(19-11)9-16-3-1-4-17(6-5-16)12-14-2-7-18-12/h2,7-8H,1,3-6,9H2,(H2,13,15). The van der Waals surface area contributed by atoms with Crippen LogP contribution in [-0.4, -0.2) is 41.0 Å². The third kappa shape index (κ3) is 3.23. The van der Waals surface area contributed by atoms with E-state index in [1.54, 1.807) is 22.7 Å². The minimum atomic E-state index is 0.661.